The van der Waals surface area contributed by atoms with Crippen molar-refractivity contribution in [3.8, 4) is 11.5 Å². The number of azo groups is 1. The summed E-state index contributed by atoms with van der Waals surface area (Å²) in [4.78, 5) is 12.7. The Morgan fingerprint density at radius 1 is 1.05 bits per heavy atom. The molecule has 0 spiro atoms. The molecule has 9 nitrogen and oxygen atoms in total. The summed E-state index contributed by atoms with van der Waals surface area (Å²) in [7, 11) is -4.54. The van der Waals surface area contributed by atoms with E-state index in [1.165, 1.54) is 12.1 Å². The first kappa shape index (κ1) is 30.8. The van der Waals surface area contributed by atoms with Gasteiger partial charge in [-0.2, -0.15) is 18.6 Å². The molecule has 0 aliphatic heterocycles. The molecule has 0 atom stereocenters. The van der Waals surface area contributed by atoms with E-state index in [0.717, 1.165) is 6.07 Å². The zero-order valence-corrected chi connectivity index (χ0v) is 25.4. The van der Waals surface area contributed by atoms with Crippen molar-refractivity contribution in [3.05, 3.63) is 81.8 Å². The summed E-state index contributed by atoms with van der Waals surface area (Å²) in [5.74, 6) is -0.888. The van der Waals surface area contributed by atoms with Crippen LogP contribution in [0.1, 0.15) is 22.8 Å². The molecule has 4 rings (SSSR count). The summed E-state index contributed by atoms with van der Waals surface area (Å²) in [6, 6.07) is 15.4. The molecule has 0 saturated heterocycles. The number of rotatable bonds is 7. The van der Waals surface area contributed by atoms with Crippen LogP contribution in [0.5, 0.6) is 11.5 Å². The number of fused-ring (bicyclic) bond motifs is 1. The van der Waals surface area contributed by atoms with Crippen LogP contribution in [-0.4, -0.2) is 25.5 Å². The van der Waals surface area contributed by atoms with Gasteiger partial charge in [0.2, 0.25) is 0 Å². The second-order valence-electron chi connectivity index (χ2n) is 8.10. The molecule has 39 heavy (non-hydrogen) atoms. The fourth-order valence-corrected chi connectivity index (χ4v) is 4.92. The van der Waals surface area contributed by atoms with Gasteiger partial charge in [0, 0.05) is 17.0 Å². The van der Waals surface area contributed by atoms with E-state index in [-0.39, 0.29) is 62.2 Å². The normalized spacial score (nSPS) is 11.4. The van der Waals surface area contributed by atoms with Crippen molar-refractivity contribution in [2.24, 2.45) is 10.2 Å². The first-order valence-electron chi connectivity index (χ1n) is 11.2. The second kappa shape index (κ2) is 12.6. The van der Waals surface area contributed by atoms with Gasteiger partial charge in [-0.1, -0.05) is 53.2 Å². The van der Waals surface area contributed by atoms with Crippen molar-refractivity contribution < 1.29 is 57.2 Å². The fraction of sp³-hybridized carbons (Fsp3) is 0.115. The molecule has 0 unspecified atom stereocenters. The van der Waals surface area contributed by atoms with Crippen molar-refractivity contribution >= 4 is 67.1 Å². The number of hydrogen-bond donors (Lipinski definition) is 2. The van der Waals surface area contributed by atoms with E-state index in [2.05, 4.69) is 15.5 Å². The van der Waals surface area contributed by atoms with Gasteiger partial charge >= 0.3 is 29.6 Å². The Morgan fingerprint density at radius 3 is 2.46 bits per heavy atom. The summed E-state index contributed by atoms with van der Waals surface area (Å²) in [5.41, 5.74) is 0.479. The number of carbonyl (C=O) groups is 1. The van der Waals surface area contributed by atoms with Gasteiger partial charge in [0.25, 0.3) is 16.0 Å². The van der Waals surface area contributed by atoms with Gasteiger partial charge in [-0.15, -0.1) is 0 Å². The van der Waals surface area contributed by atoms with Crippen LogP contribution >= 0.6 is 23.2 Å². The van der Waals surface area contributed by atoms with Gasteiger partial charge in [0.1, 0.15) is 10.6 Å². The van der Waals surface area contributed by atoms with Crippen molar-refractivity contribution in [1.82, 2.24) is 0 Å². The number of ether oxygens (including phenoxy) is 1. The quantitative estimate of drug-likeness (QED) is 0.189. The molecule has 0 fully saturated rings. The van der Waals surface area contributed by atoms with Gasteiger partial charge in [0.15, 0.2) is 0 Å². The van der Waals surface area contributed by atoms with Crippen LogP contribution in [0.2, 0.25) is 10.0 Å². The van der Waals surface area contributed by atoms with Crippen LogP contribution in [0.4, 0.5) is 17.1 Å². The molecule has 2 N–H and O–H groups in total. The maximum atomic E-state index is 13.4. The maximum absolute atomic E-state index is 13.4. The standard InChI is InChI=1S/C26H21Cl2N3O6S.Na/c1-3-37-16-8-9-19(27)22(12-16)29-26(33)18-11-15-6-4-5-7-17(15)24(25(18)32)31-30-21-13-20(28)23(10-14(21)2)38(34,35)36;/h4-13,32H,3H2,1-2H3,(H,29,33)(H,34,35,36);/q;+1/p-1. The van der Waals surface area contributed by atoms with Crippen LogP contribution in [-0.2, 0) is 10.1 Å². The van der Waals surface area contributed by atoms with Crippen molar-refractivity contribution in [1.29, 1.82) is 0 Å². The van der Waals surface area contributed by atoms with Gasteiger partial charge in [-0.25, -0.2) is 0 Å². The van der Waals surface area contributed by atoms with Crippen LogP contribution in [0, 0.1) is 6.92 Å². The molecule has 0 heterocycles. The van der Waals surface area contributed by atoms with Crippen molar-refractivity contribution in [2.75, 3.05) is 11.9 Å². The van der Waals surface area contributed by atoms with E-state index >= 15 is 0 Å². The minimum Gasteiger partial charge on any atom is -0.870 e. The molecule has 13 heteroatoms. The van der Waals surface area contributed by atoms with E-state index in [1.54, 1.807) is 49.4 Å². The molecular weight excluding hydrogens is 576 g/mol. The van der Waals surface area contributed by atoms with Crippen LogP contribution in [0.25, 0.3) is 10.8 Å². The number of benzene rings is 4. The number of halogens is 2. The third-order valence-electron chi connectivity index (χ3n) is 5.50. The molecule has 0 aliphatic carbocycles. The predicted octanol–water partition coefficient (Wildman–Crippen LogP) is 3.85. The summed E-state index contributed by atoms with van der Waals surface area (Å²) < 4.78 is 37.8. The maximum Gasteiger partial charge on any atom is 1.00 e. The molecular formula is C26H20Cl2N3NaO6S. The van der Waals surface area contributed by atoms with E-state index in [9.17, 15) is 22.9 Å². The smallest absolute Gasteiger partial charge is 0.870 e. The molecule has 0 radical (unpaired) electrons. The summed E-state index contributed by atoms with van der Waals surface area (Å²) in [6.07, 6.45) is 0. The number of aryl methyl sites for hydroxylation is 1. The minimum absolute atomic E-state index is 0. The third-order valence-corrected chi connectivity index (χ3v) is 7.15. The summed E-state index contributed by atoms with van der Waals surface area (Å²) in [5, 5.41) is 25.3. The third kappa shape index (κ3) is 6.90. The van der Waals surface area contributed by atoms with E-state index in [0.29, 0.717) is 28.7 Å². The van der Waals surface area contributed by atoms with Gasteiger partial charge in [0.05, 0.1) is 33.7 Å². The Hall–Kier alpha value is -2.70. The zero-order valence-electron chi connectivity index (χ0n) is 21.0. The molecule has 1 amide bonds. The van der Waals surface area contributed by atoms with Gasteiger partial charge in [-0.3, -0.25) is 9.35 Å². The van der Waals surface area contributed by atoms with Gasteiger partial charge in [-0.05, 0) is 55.1 Å². The van der Waals surface area contributed by atoms with Crippen molar-refractivity contribution in [2.45, 2.75) is 18.7 Å². The Balaban J connectivity index is 0.00000420. The van der Waals surface area contributed by atoms with Crippen LogP contribution in [0.15, 0.2) is 75.8 Å². The van der Waals surface area contributed by atoms with Crippen LogP contribution < -0.4 is 44.7 Å². The number of hydrogen-bond acceptors (Lipinski definition) is 7. The summed E-state index contributed by atoms with van der Waals surface area (Å²) in [6.45, 7) is 3.78. The number of carbonyl (C=O) groups excluding carboxylic acids is 1. The van der Waals surface area contributed by atoms with E-state index in [1.807, 2.05) is 6.92 Å². The number of amides is 1. The molecule has 4 aromatic carbocycles. The average molecular weight is 596 g/mol. The van der Waals surface area contributed by atoms with Gasteiger partial charge < -0.3 is 15.2 Å². The monoisotopic (exact) mass is 595 g/mol. The Kier molecular flexibility index (Phi) is 10.0. The molecule has 0 aliphatic rings. The van der Waals surface area contributed by atoms with E-state index < -0.39 is 26.7 Å². The first-order valence-corrected chi connectivity index (χ1v) is 13.3. The average Bonchev–Trinajstić information content (AvgIpc) is 2.86. The Morgan fingerprint density at radius 2 is 1.77 bits per heavy atom. The molecule has 4 aromatic rings. The van der Waals surface area contributed by atoms with Crippen LogP contribution in [0.3, 0.4) is 0 Å². The largest absolute Gasteiger partial charge is 1.00 e. The fourth-order valence-electron chi connectivity index (χ4n) is 3.68. The number of nitrogens with one attached hydrogen (secondary N) is 1. The van der Waals surface area contributed by atoms with Crippen molar-refractivity contribution in [3.63, 3.8) is 0 Å². The zero-order chi connectivity index (χ0) is 27.6. The molecule has 0 bridgehead atoms. The van der Waals surface area contributed by atoms with E-state index in [4.69, 9.17) is 27.9 Å². The number of anilines is 1. The number of nitrogens with zero attached hydrogens (tertiary/aromatic N) is 2. The topological polar surface area (TPSA) is 140 Å². The molecule has 0 aromatic heterocycles. The molecule has 0 saturated carbocycles. The first-order chi connectivity index (χ1) is 18.0. The minimum atomic E-state index is -4.54. The Bertz CT molecular complexity index is 1710. The summed E-state index contributed by atoms with van der Waals surface area (Å²) >= 11 is 12.2. The predicted molar refractivity (Wildman–Crippen MR) is 144 cm³/mol. The molecule has 196 valence electrons. The SMILES string of the molecule is CCOc1ccc(Cl)c(NC(=O)c2cc3ccccc3c(N=Nc3cc(Cl)c(S(=O)(=O)O)cc3C)c2[O-])c1.[Na+]. The second-order valence-corrected chi connectivity index (χ2v) is 10.3. The Labute approximate surface area is 256 Å².